The van der Waals surface area contributed by atoms with Gasteiger partial charge in [-0.05, 0) is 53.8 Å². The Morgan fingerprint density at radius 2 is 2.09 bits per heavy atom. The number of carbonyl (C=O) groups is 1. The summed E-state index contributed by atoms with van der Waals surface area (Å²) in [6.07, 6.45) is 0.744. The number of nitriles is 1. The molecule has 180 valence electrons. The predicted octanol–water partition coefficient (Wildman–Crippen LogP) is 3.19. The second-order valence-electron chi connectivity index (χ2n) is 8.19. The van der Waals surface area contributed by atoms with Crippen molar-refractivity contribution in [2.24, 2.45) is 0 Å². The first-order valence-corrected chi connectivity index (χ1v) is 10.7. The Bertz CT molecular complexity index is 1420. The Kier molecular flexibility index (Phi) is 6.41. The zero-order valence-corrected chi connectivity index (χ0v) is 18.9. The summed E-state index contributed by atoms with van der Waals surface area (Å²) in [5, 5.41) is 12.2. The number of fused-ring (bicyclic) bond motifs is 1. The smallest absolute Gasteiger partial charge is 0.354 e. The lowest BCUT2D eigenvalue weighted by Gasteiger charge is -2.30. The van der Waals surface area contributed by atoms with Gasteiger partial charge in [-0.3, -0.25) is 24.5 Å². The van der Waals surface area contributed by atoms with Crippen LogP contribution in [0.25, 0.3) is 16.6 Å². The van der Waals surface area contributed by atoms with Crippen molar-refractivity contribution in [1.29, 1.82) is 5.26 Å². The van der Waals surface area contributed by atoms with Crippen molar-refractivity contribution in [2.45, 2.75) is 32.1 Å². The summed E-state index contributed by atoms with van der Waals surface area (Å²) in [5.74, 6) is -0.287. The highest BCUT2D eigenvalue weighted by Crippen LogP contribution is 2.31. The predicted molar refractivity (Wildman–Crippen MR) is 122 cm³/mol. The molecule has 0 aliphatic carbocycles. The van der Waals surface area contributed by atoms with E-state index in [-0.39, 0.29) is 22.5 Å². The molecule has 1 aliphatic rings. The first-order valence-electron chi connectivity index (χ1n) is 10.7. The number of alkyl halides is 3. The second-order valence-corrected chi connectivity index (χ2v) is 8.19. The number of nitrogens with zero attached hydrogens (tertiary/aromatic N) is 4. The third-order valence-corrected chi connectivity index (χ3v) is 5.97. The fourth-order valence-corrected chi connectivity index (χ4v) is 4.20. The van der Waals surface area contributed by atoms with Gasteiger partial charge in [0.2, 0.25) is 0 Å². The highest BCUT2D eigenvalue weighted by atomic mass is 19.4. The van der Waals surface area contributed by atoms with Crippen molar-refractivity contribution in [3.05, 3.63) is 75.0 Å². The van der Waals surface area contributed by atoms with Crippen LogP contribution in [0.2, 0.25) is 0 Å². The number of nitrogens with one attached hydrogen (secondary N) is 2. The first-order chi connectivity index (χ1) is 16.6. The lowest BCUT2D eigenvalue weighted by Crippen LogP contribution is -2.36. The van der Waals surface area contributed by atoms with E-state index in [4.69, 9.17) is 0 Å². The van der Waals surface area contributed by atoms with Gasteiger partial charge >= 0.3 is 6.18 Å². The Morgan fingerprint density at radius 3 is 2.71 bits per heavy atom. The third kappa shape index (κ3) is 4.79. The summed E-state index contributed by atoms with van der Waals surface area (Å²) >= 11 is 0. The van der Waals surface area contributed by atoms with Gasteiger partial charge < -0.3 is 10.3 Å². The van der Waals surface area contributed by atoms with E-state index < -0.39 is 23.3 Å². The van der Waals surface area contributed by atoms with Gasteiger partial charge in [-0.15, -0.1) is 0 Å². The molecule has 2 N–H and O–H groups in total. The average molecular weight is 482 g/mol. The monoisotopic (exact) mass is 482 g/mol. The van der Waals surface area contributed by atoms with Crippen LogP contribution in [0.4, 0.5) is 13.2 Å². The number of aryl methyl sites for hydroxylation is 1. The van der Waals surface area contributed by atoms with Crippen LogP contribution in [0.5, 0.6) is 0 Å². The van der Waals surface area contributed by atoms with E-state index in [1.165, 1.54) is 20.2 Å². The second kappa shape index (κ2) is 9.31. The molecule has 35 heavy (non-hydrogen) atoms. The zero-order valence-electron chi connectivity index (χ0n) is 18.9. The topological polar surface area (TPSA) is 115 Å². The van der Waals surface area contributed by atoms with Gasteiger partial charge in [0.05, 0.1) is 17.1 Å². The molecule has 0 fully saturated rings. The molecular weight excluding hydrogens is 461 g/mol. The molecule has 11 heteroatoms. The quantitative estimate of drug-likeness (QED) is 0.590. The van der Waals surface area contributed by atoms with Crippen molar-refractivity contribution >= 4 is 22.5 Å². The maximum atomic E-state index is 13.2. The number of hydrogen-bond donors (Lipinski definition) is 2. The molecule has 0 bridgehead atoms. The number of hydrogen-bond acceptors (Lipinski definition) is 6. The molecule has 1 amide bonds. The summed E-state index contributed by atoms with van der Waals surface area (Å²) in [5.41, 5.74) is 0.302. The van der Waals surface area contributed by atoms with Crippen molar-refractivity contribution in [3.8, 4) is 6.07 Å². The van der Waals surface area contributed by atoms with E-state index >= 15 is 0 Å². The maximum absolute atomic E-state index is 13.2. The molecule has 3 aromatic rings. The SMILES string of the molecule is CNC(=O)c1ccc(C2=CC(C#N)N(Cc3cnc4c(C)c(C(F)(F)F)c(=O)[nH]c4c3)CC2)cn1. The van der Waals surface area contributed by atoms with Crippen LogP contribution in [-0.2, 0) is 12.7 Å². The largest absolute Gasteiger partial charge is 0.422 e. The van der Waals surface area contributed by atoms with E-state index in [9.17, 15) is 28.0 Å². The molecule has 0 saturated carbocycles. The molecular formula is C24H21F3N6O2. The molecule has 1 aliphatic heterocycles. The molecule has 1 unspecified atom stereocenters. The number of aromatic amines is 1. The minimum absolute atomic E-state index is 0.0750. The van der Waals surface area contributed by atoms with Crippen LogP contribution in [-0.4, -0.2) is 45.4 Å². The van der Waals surface area contributed by atoms with Gasteiger partial charge in [-0.1, -0.05) is 6.07 Å². The van der Waals surface area contributed by atoms with Crippen LogP contribution in [0, 0.1) is 18.3 Å². The Hall–Kier alpha value is -4.04. The molecule has 8 nitrogen and oxygen atoms in total. The van der Waals surface area contributed by atoms with Crippen LogP contribution in [0.15, 0.2) is 41.5 Å². The Morgan fingerprint density at radius 1 is 1.31 bits per heavy atom. The molecule has 3 aromatic heterocycles. The number of carbonyl (C=O) groups excluding carboxylic acids is 1. The van der Waals surface area contributed by atoms with Crippen molar-refractivity contribution in [2.75, 3.05) is 13.6 Å². The van der Waals surface area contributed by atoms with E-state index in [0.717, 1.165) is 11.1 Å². The Labute approximate surface area is 198 Å². The lowest BCUT2D eigenvalue weighted by molar-refractivity contribution is -0.139. The summed E-state index contributed by atoms with van der Waals surface area (Å²) < 4.78 is 39.7. The number of aromatic nitrogens is 3. The number of H-pyrrole nitrogens is 1. The fraction of sp³-hybridized carbons (Fsp3) is 0.292. The zero-order chi connectivity index (χ0) is 25.3. The minimum atomic E-state index is -4.78. The van der Waals surface area contributed by atoms with Crippen LogP contribution < -0.4 is 10.9 Å². The molecule has 1 atom stereocenters. The van der Waals surface area contributed by atoms with Gasteiger partial charge in [-0.2, -0.15) is 18.4 Å². The third-order valence-electron chi connectivity index (χ3n) is 5.97. The van der Waals surface area contributed by atoms with Gasteiger partial charge in [-0.25, -0.2) is 0 Å². The standard InChI is InChI=1S/C24H21F3N6O2/c1-13-20(24(25,26)27)23(35)32-19-7-14(10-31-21(13)19)12-33-6-5-15(8-17(33)9-28)16-3-4-18(30-11-16)22(34)29-2/h3-4,7-8,10-11,17H,5-6,12H2,1-2H3,(H,29,34)(H,32,35). The molecule has 0 radical (unpaired) electrons. The maximum Gasteiger partial charge on any atom is 0.422 e. The number of rotatable bonds is 4. The Balaban J connectivity index is 1.57. The van der Waals surface area contributed by atoms with E-state index in [1.54, 1.807) is 24.4 Å². The molecule has 4 heterocycles. The highest BCUT2D eigenvalue weighted by molar-refractivity contribution is 5.92. The number of halogens is 3. The van der Waals surface area contributed by atoms with Gasteiger partial charge in [0.25, 0.3) is 11.5 Å². The summed E-state index contributed by atoms with van der Waals surface area (Å²) in [6, 6.07) is 6.70. The van der Waals surface area contributed by atoms with Crippen molar-refractivity contribution < 1.29 is 18.0 Å². The normalized spacial score (nSPS) is 16.6. The van der Waals surface area contributed by atoms with E-state index in [1.807, 2.05) is 11.0 Å². The fourth-order valence-electron chi connectivity index (χ4n) is 4.20. The molecule has 0 aromatic carbocycles. The van der Waals surface area contributed by atoms with E-state index in [0.29, 0.717) is 30.8 Å². The summed E-state index contributed by atoms with van der Waals surface area (Å²) in [6.45, 7) is 2.09. The molecule has 0 saturated heterocycles. The minimum Gasteiger partial charge on any atom is -0.354 e. The first kappa shape index (κ1) is 24.1. The van der Waals surface area contributed by atoms with Gasteiger partial charge in [0.15, 0.2) is 0 Å². The van der Waals surface area contributed by atoms with Crippen molar-refractivity contribution in [1.82, 2.24) is 25.2 Å². The summed E-state index contributed by atoms with van der Waals surface area (Å²) in [7, 11) is 1.53. The molecule has 0 spiro atoms. The number of amides is 1. The summed E-state index contributed by atoms with van der Waals surface area (Å²) in [4.78, 5) is 36.3. The lowest BCUT2D eigenvalue weighted by atomic mass is 9.96. The van der Waals surface area contributed by atoms with Gasteiger partial charge in [0, 0.05) is 32.5 Å². The van der Waals surface area contributed by atoms with Gasteiger partial charge in [0.1, 0.15) is 17.3 Å². The van der Waals surface area contributed by atoms with E-state index in [2.05, 4.69) is 26.3 Å². The van der Waals surface area contributed by atoms with Crippen LogP contribution >= 0.6 is 0 Å². The van der Waals surface area contributed by atoms with Crippen LogP contribution in [0.1, 0.15) is 39.2 Å². The molecule has 4 rings (SSSR count). The van der Waals surface area contributed by atoms with Crippen LogP contribution in [0.3, 0.4) is 0 Å². The van der Waals surface area contributed by atoms with Crippen molar-refractivity contribution in [3.63, 3.8) is 0 Å². The average Bonchev–Trinajstić information content (AvgIpc) is 2.82. The number of pyridine rings is 3. The highest BCUT2D eigenvalue weighted by Gasteiger charge is 2.37.